The summed E-state index contributed by atoms with van der Waals surface area (Å²) in [6.45, 7) is 8.66. The van der Waals surface area contributed by atoms with Crippen LogP contribution in [0.3, 0.4) is 0 Å². The van der Waals surface area contributed by atoms with Crippen LogP contribution in [0.2, 0.25) is 0 Å². The molecular formula is C20H30F2N4O2. The van der Waals surface area contributed by atoms with E-state index >= 15 is 0 Å². The second-order valence-corrected chi connectivity index (χ2v) is 7.08. The Balaban J connectivity index is 1.79. The Kier molecular flexibility index (Phi) is 8.47. The van der Waals surface area contributed by atoms with E-state index in [2.05, 4.69) is 15.6 Å². The second kappa shape index (κ2) is 10.8. The first-order valence-electron chi connectivity index (χ1n) is 9.82. The highest BCUT2D eigenvalue weighted by atomic mass is 19.2. The molecule has 0 unspecified atom stereocenters. The van der Waals surface area contributed by atoms with E-state index in [1.54, 1.807) is 0 Å². The van der Waals surface area contributed by atoms with Crippen molar-refractivity contribution in [3.8, 4) is 5.75 Å². The monoisotopic (exact) mass is 396 g/mol. The fourth-order valence-corrected chi connectivity index (χ4v) is 3.01. The van der Waals surface area contributed by atoms with Gasteiger partial charge in [-0.15, -0.1) is 0 Å². The molecule has 0 spiro atoms. The van der Waals surface area contributed by atoms with Gasteiger partial charge < -0.3 is 20.3 Å². The van der Waals surface area contributed by atoms with Crippen molar-refractivity contribution in [2.75, 3.05) is 32.8 Å². The van der Waals surface area contributed by atoms with Crippen molar-refractivity contribution in [3.63, 3.8) is 0 Å². The summed E-state index contributed by atoms with van der Waals surface area (Å²) in [7, 11) is 0. The summed E-state index contributed by atoms with van der Waals surface area (Å²) in [5.41, 5.74) is 0. The molecule has 0 atom stereocenters. The fraction of sp³-hybridized carbons (Fsp3) is 0.600. The number of nitrogens with one attached hydrogen (secondary N) is 2. The number of likely N-dealkylation sites (tertiary alicyclic amines) is 1. The van der Waals surface area contributed by atoms with E-state index in [9.17, 15) is 13.6 Å². The molecule has 1 aliphatic rings. The standard InChI is InChI=1S/C20H30F2N4O2/c1-4-23-20(24-9-12-28-16-5-6-17(21)18(22)13-16)25-15-7-10-26(11-8-15)19(27)14(2)3/h5-6,13-15H,4,7-12H2,1-3H3,(H2,23,24,25). The number of guanidine groups is 1. The molecule has 6 nitrogen and oxygen atoms in total. The summed E-state index contributed by atoms with van der Waals surface area (Å²) in [5.74, 6) is -0.644. The smallest absolute Gasteiger partial charge is 0.225 e. The zero-order chi connectivity index (χ0) is 20.5. The molecule has 8 heteroatoms. The molecule has 1 aromatic carbocycles. The van der Waals surface area contributed by atoms with Gasteiger partial charge in [0.05, 0.1) is 6.54 Å². The number of carbonyl (C=O) groups excluding carboxylic acids is 1. The van der Waals surface area contributed by atoms with Gasteiger partial charge in [0.1, 0.15) is 12.4 Å². The Morgan fingerprint density at radius 2 is 2.00 bits per heavy atom. The molecule has 156 valence electrons. The van der Waals surface area contributed by atoms with Crippen molar-refractivity contribution in [3.05, 3.63) is 29.8 Å². The quantitative estimate of drug-likeness (QED) is 0.422. The summed E-state index contributed by atoms with van der Waals surface area (Å²) < 4.78 is 31.5. The number of rotatable bonds is 7. The number of piperidine rings is 1. The molecule has 1 aromatic rings. The SMILES string of the molecule is CCNC(=NCCOc1ccc(F)c(F)c1)NC1CCN(C(=O)C(C)C)CC1. The molecule has 0 aromatic heterocycles. The third-order valence-corrected chi connectivity index (χ3v) is 4.51. The maximum absolute atomic E-state index is 13.2. The first-order valence-corrected chi connectivity index (χ1v) is 9.82. The van der Waals surface area contributed by atoms with Crippen LogP contribution in [0.25, 0.3) is 0 Å². The Bertz CT molecular complexity index is 674. The number of ether oxygens (including phenoxy) is 1. The zero-order valence-corrected chi connectivity index (χ0v) is 16.8. The summed E-state index contributed by atoms with van der Waals surface area (Å²) >= 11 is 0. The molecule has 1 amide bonds. The molecule has 2 rings (SSSR count). The summed E-state index contributed by atoms with van der Waals surface area (Å²) in [6, 6.07) is 3.70. The van der Waals surface area contributed by atoms with Gasteiger partial charge in [-0.1, -0.05) is 13.8 Å². The van der Waals surface area contributed by atoms with E-state index in [0.717, 1.165) is 44.6 Å². The fourth-order valence-electron chi connectivity index (χ4n) is 3.01. The van der Waals surface area contributed by atoms with Gasteiger partial charge in [0.2, 0.25) is 5.91 Å². The first kappa shape index (κ1) is 21.9. The summed E-state index contributed by atoms with van der Waals surface area (Å²) in [4.78, 5) is 18.5. The minimum atomic E-state index is -0.932. The van der Waals surface area contributed by atoms with Crippen molar-refractivity contribution in [2.24, 2.45) is 10.9 Å². The molecule has 0 radical (unpaired) electrons. The van der Waals surface area contributed by atoms with E-state index in [0.29, 0.717) is 12.5 Å². The van der Waals surface area contributed by atoms with Gasteiger partial charge in [-0.3, -0.25) is 4.79 Å². The first-order chi connectivity index (χ1) is 13.4. The highest BCUT2D eigenvalue weighted by Gasteiger charge is 2.24. The average Bonchev–Trinajstić information content (AvgIpc) is 2.68. The van der Waals surface area contributed by atoms with Gasteiger partial charge in [0, 0.05) is 37.7 Å². The summed E-state index contributed by atoms with van der Waals surface area (Å²) in [6.07, 6.45) is 1.74. The topological polar surface area (TPSA) is 66.0 Å². The highest BCUT2D eigenvalue weighted by molar-refractivity contribution is 5.80. The predicted octanol–water partition coefficient (Wildman–Crippen LogP) is 2.55. The van der Waals surface area contributed by atoms with Crippen LogP contribution in [0.15, 0.2) is 23.2 Å². The third-order valence-electron chi connectivity index (χ3n) is 4.51. The lowest BCUT2D eigenvalue weighted by atomic mass is 10.0. The zero-order valence-electron chi connectivity index (χ0n) is 16.8. The van der Waals surface area contributed by atoms with Crippen LogP contribution in [0, 0.1) is 17.6 Å². The Morgan fingerprint density at radius 3 is 2.61 bits per heavy atom. The molecule has 1 fully saturated rings. The number of aliphatic imine (C=N–C) groups is 1. The predicted molar refractivity (Wildman–Crippen MR) is 105 cm³/mol. The van der Waals surface area contributed by atoms with Gasteiger partial charge >= 0.3 is 0 Å². The lowest BCUT2D eigenvalue weighted by molar-refractivity contribution is -0.135. The minimum absolute atomic E-state index is 0.0259. The van der Waals surface area contributed by atoms with Crippen LogP contribution in [0.5, 0.6) is 5.75 Å². The Hall–Kier alpha value is -2.38. The van der Waals surface area contributed by atoms with Crippen molar-refractivity contribution >= 4 is 11.9 Å². The maximum Gasteiger partial charge on any atom is 0.225 e. The number of halogens is 2. The van der Waals surface area contributed by atoms with Gasteiger partial charge in [-0.05, 0) is 31.9 Å². The number of nitrogens with zero attached hydrogens (tertiary/aromatic N) is 2. The number of benzene rings is 1. The van der Waals surface area contributed by atoms with E-state index in [1.165, 1.54) is 6.07 Å². The van der Waals surface area contributed by atoms with Crippen LogP contribution in [0.1, 0.15) is 33.6 Å². The van der Waals surface area contributed by atoms with E-state index in [4.69, 9.17) is 4.74 Å². The molecule has 1 aliphatic heterocycles. The van der Waals surface area contributed by atoms with Crippen LogP contribution in [0.4, 0.5) is 8.78 Å². The number of hydrogen-bond acceptors (Lipinski definition) is 3. The van der Waals surface area contributed by atoms with Gasteiger partial charge in [0.15, 0.2) is 17.6 Å². The molecule has 2 N–H and O–H groups in total. The second-order valence-electron chi connectivity index (χ2n) is 7.08. The van der Waals surface area contributed by atoms with Crippen LogP contribution >= 0.6 is 0 Å². The summed E-state index contributed by atoms with van der Waals surface area (Å²) in [5, 5.41) is 6.59. The Labute approximate surface area is 165 Å². The van der Waals surface area contributed by atoms with Crippen LogP contribution in [-0.4, -0.2) is 55.6 Å². The largest absolute Gasteiger partial charge is 0.492 e. The van der Waals surface area contributed by atoms with Crippen LogP contribution < -0.4 is 15.4 Å². The van der Waals surface area contributed by atoms with Crippen molar-refractivity contribution in [1.29, 1.82) is 0 Å². The normalized spacial score (nSPS) is 15.6. The molecule has 0 aliphatic carbocycles. The third kappa shape index (κ3) is 6.65. The molecular weight excluding hydrogens is 366 g/mol. The Morgan fingerprint density at radius 1 is 1.29 bits per heavy atom. The van der Waals surface area contributed by atoms with Crippen LogP contribution in [-0.2, 0) is 4.79 Å². The van der Waals surface area contributed by atoms with Crippen molar-refractivity contribution in [2.45, 2.75) is 39.7 Å². The van der Waals surface area contributed by atoms with Crippen molar-refractivity contribution < 1.29 is 18.3 Å². The lowest BCUT2D eigenvalue weighted by Crippen LogP contribution is -2.50. The minimum Gasteiger partial charge on any atom is -0.492 e. The van der Waals surface area contributed by atoms with Crippen molar-refractivity contribution in [1.82, 2.24) is 15.5 Å². The molecule has 0 saturated carbocycles. The van der Waals surface area contributed by atoms with E-state index in [-0.39, 0.29) is 30.2 Å². The molecule has 28 heavy (non-hydrogen) atoms. The maximum atomic E-state index is 13.2. The van der Waals surface area contributed by atoms with E-state index < -0.39 is 11.6 Å². The highest BCUT2D eigenvalue weighted by Crippen LogP contribution is 2.15. The van der Waals surface area contributed by atoms with E-state index in [1.807, 2.05) is 25.7 Å². The molecule has 0 bridgehead atoms. The number of hydrogen-bond donors (Lipinski definition) is 2. The molecule has 1 saturated heterocycles. The van der Waals surface area contributed by atoms with Gasteiger partial charge in [0.25, 0.3) is 0 Å². The lowest BCUT2D eigenvalue weighted by Gasteiger charge is -2.34. The van der Waals surface area contributed by atoms with Gasteiger partial charge in [-0.25, -0.2) is 13.8 Å². The van der Waals surface area contributed by atoms with Gasteiger partial charge in [-0.2, -0.15) is 0 Å². The molecule has 1 heterocycles. The average molecular weight is 396 g/mol. The number of carbonyl (C=O) groups is 1. The number of amides is 1.